The van der Waals surface area contributed by atoms with E-state index in [4.69, 9.17) is 0 Å². The summed E-state index contributed by atoms with van der Waals surface area (Å²) in [5.41, 5.74) is 4.50. The van der Waals surface area contributed by atoms with E-state index in [9.17, 15) is 18.3 Å². The van der Waals surface area contributed by atoms with Gasteiger partial charge in [-0.05, 0) is 53.8 Å². The van der Waals surface area contributed by atoms with Crippen molar-refractivity contribution in [1.29, 1.82) is 0 Å². The van der Waals surface area contributed by atoms with Gasteiger partial charge in [-0.25, -0.2) is 13.1 Å². The van der Waals surface area contributed by atoms with Gasteiger partial charge in [-0.3, -0.25) is 4.79 Å². The molecule has 0 aromatic heterocycles. The van der Waals surface area contributed by atoms with E-state index < -0.39 is 22.0 Å². The Morgan fingerprint density at radius 3 is 2.24 bits per heavy atom. The molecule has 0 aliphatic heterocycles. The average molecular weight is 563 g/mol. The van der Waals surface area contributed by atoms with Crippen molar-refractivity contribution in [2.75, 3.05) is 19.3 Å². The second kappa shape index (κ2) is 14.5. The number of aliphatic hydroxyl groups is 1. The molecule has 0 heterocycles. The minimum absolute atomic E-state index is 0. The fourth-order valence-corrected chi connectivity index (χ4v) is 5.21. The summed E-state index contributed by atoms with van der Waals surface area (Å²) in [6.45, 7) is 5.40. The van der Waals surface area contributed by atoms with E-state index in [2.05, 4.69) is 34.3 Å². The van der Waals surface area contributed by atoms with Gasteiger partial charge >= 0.3 is 0 Å². The molecule has 0 spiro atoms. The summed E-state index contributed by atoms with van der Waals surface area (Å²) in [6, 6.07) is 23.5. The number of hydrogen-bond donors (Lipinski definition) is 3. The highest BCUT2D eigenvalue weighted by molar-refractivity contribution is 8.00. The van der Waals surface area contributed by atoms with E-state index in [0.717, 1.165) is 47.2 Å². The van der Waals surface area contributed by atoms with Crippen LogP contribution in [-0.2, 0) is 16.4 Å². The first-order valence-electron chi connectivity index (χ1n) is 12.0. The Balaban J connectivity index is 0.00000481. The molecule has 0 radical (unpaired) electrons. The third kappa shape index (κ3) is 10.1. The standard InChI is InChI=1S/C28H34N2O4S2.ClH/c1-20(2)35-27-18-24(15-16-25(27)28(32)30-36(3,33)34)22-13-11-21(12-14-22)8-7-17-29-19-26(31)23-9-5-4-6-10-23;/h4-6,9-16,18,20,26,29,31H,7-8,17,19H2,1-3H3,(H,30,32);1H/t26-;/m0./s1. The van der Waals surface area contributed by atoms with Crippen LogP contribution < -0.4 is 10.0 Å². The summed E-state index contributed by atoms with van der Waals surface area (Å²) in [4.78, 5) is 13.2. The smallest absolute Gasteiger partial charge is 0.265 e. The van der Waals surface area contributed by atoms with E-state index in [1.54, 1.807) is 6.07 Å². The lowest BCUT2D eigenvalue weighted by Gasteiger charge is -2.14. The lowest BCUT2D eigenvalue weighted by Crippen LogP contribution is -2.29. The van der Waals surface area contributed by atoms with Gasteiger partial charge in [0.15, 0.2) is 0 Å². The highest BCUT2D eigenvalue weighted by Gasteiger charge is 2.17. The molecule has 3 rings (SSSR count). The summed E-state index contributed by atoms with van der Waals surface area (Å²) in [5.74, 6) is -0.618. The van der Waals surface area contributed by atoms with Gasteiger partial charge in [0.25, 0.3) is 5.91 Å². The number of nitrogens with one attached hydrogen (secondary N) is 2. The Bertz CT molecular complexity index is 1250. The number of aliphatic hydroxyl groups excluding tert-OH is 1. The quantitative estimate of drug-likeness (QED) is 0.207. The lowest BCUT2D eigenvalue weighted by molar-refractivity contribution is 0.0979. The molecule has 0 aliphatic carbocycles. The molecule has 37 heavy (non-hydrogen) atoms. The Labute approximate surface area is 230 Å². The number of thioether (sulfide) groups is 1. The number of sulfonamides is 1. The normalized spacial score (nSPS) is 12.1. The van der Waals surface area contributed by atoms with Crippen LogP contribution in [0.3, 0.4) is 0 Å². The Kier molecular flexibility index (Phi) is 12.1. The van der Waals surface area contributed by atoms with Crippen molar-refractivity contribution in [2.45, 2.75) is 42.9 Å². The van der Waals surface area contributed by atoms with Crippen LogP contribution in [0.2, 0.25) is 0 Å². The Morgan fingerprint density at radius 2 is 1.62 bits per heavy atom. The van der Waals surface area contributed by atoms with Gasteiger partial charge < -0.3 is 10.4 Å². The van der Waals surface area contributed by atoms with Gasteiger partial charge in [0.05, 0.1) is 17.9 Å². The zero-order valence-electron chi connectivity index (χ0n) is 21.3. The van der Waals surface area contributed by atoms with Gasteiger partial charge in [0.2, 0.25) is 10.0 Å². The molecule has 9 heteroatoms. The van der Waals surface area contributed by atoms with Crippen molar-refractivity contribution in [2.24, 2.45) is 0 Å². The molecule has 3 aromatic carbocycles. The largest absolute Gasteiger partial charge is 0.387 e. The van der Waals surface area contributed by atoms with Crippen LogP contribution in [0.1, 0.15) is 47.9 Å². The van der Waals surface area contributed by atoms with Gasteiger partial charge in [0, 0.05) is 16.7 Å². The summed E-state index contributed by atoms with van der Waals surface area (Å²) in [7, 11) is -3.64. The highest BCUT2D eigenvalue weighted by Crippen LogP contribution is 2.32. The third-order valence-electron chi connectivity index (χ3n) is 5.50. The minimum Gasteiger partial charge on any atom is -0.387 e. The molecule has 1 atom stereocenters. The van der Waals surface area contributed by atoms with Crippen LogP contribution in [0.15, 0.2) is 77.7 Å². The van der Waals surface area contributed by atoms with Crippen LogP contribution in [0, 0.1) is 0 Å². The molecule has 1 amide bonds. The van der Waals surface area contributed by atoms with Gasteiger partial charge in [0.1, 0.15) is 0 Å². The van der Waals surface area contributed by atoms with E-state index >= 15 is 0 Å². The lowest BCUT2D eigenvalue weighted by atomic mass is 10.0. The number of aryl methyl sites for hydroxylation is 1. The summed E-state index contributed by atoms with van der Waals surface area (Å²) < 4.78 is 25.1. The summed E-state index contributed by atoms with van der Waals surface area (Å²) in [5, 5.41) is 13.8. The zero-order valence-corrected chi connectivity index (χ0v) is 23.8. The van der Waals surface area contributed by atoms with E-state index in [1.165, 1.54) is 17.3 Å². The second-order valence-electron chi connectivity index (χ2n) is 9.01. The average Bonchev–Trinajstić information content (AvgIpc) is 2.83. The van der Waals surface area contributed by atoms with Crippen LogP contribution in [0.4, 0.5) is 0 Å². The third-order valence-corrected chi connectivity index (χ3v) is 7.11. The molecule has 200 valence electrons. The molecule has 3 N–H and O–H groups in total. The predicted octanol–water partition coefficient (Wildman–Crippen LogP) is 5.22. The van der Waals surface area contributed by atoms with Gasteiger partial charge in [-0.1, -0.05) is 74.5 Å². The summed E-state index contributed by atoms with van der Waals surface area (Å²) in [6.07, 6.45) is 2.35. The molecular weight excluding hydrogens is 528 g/mol. The topological polar surface area (TPSA) is 95.5 Å². The number of carbonyl (C=O) groups excluding carboxylic acids is 1. The first-order chi connectivity index (χ1) is 17.1. The maximum atomic E-state index is 12.5. The number of benzene rings is 3. The fourth-order valence-electron chi connectivity index (χ4n) is 3.78. The maximum Gasteiger partial charge on any atom is 0.265 e. The van der Waals surface area contributed by atoms with Crippen LogP contribution in [0.25, 0.3) is 11.1 Å². The van der Waals surface area contributed by atoms with Crippen molar-refractivity contribution in [3.63, 3.8) is 0 Å². The maximum absolute atomic E-state index is 12.5. The van der Waals surface area contributed by atoms with Crippen molar-refractivity contribution < 1.29 is 18.3 Å². The van der Waals surface area contributed by atoms with E-state index in [1.807, 2.05) is 56.3 Å². The fraction of sp³-hybridized carbons (Fsp3) is 0.321. The van der Waals surface area contributed by atoms with Crippen LogP contribution >= 0.6 is 24.2 Å². The van der Waals surface area contributed by atoms with Crippen molar-refractivity contribution in [3.8, 4) is 11.1 Å². The number of carbonyl (C=O) groups is 1. The monoisotopic (exact) mass is 562 g/mol. The number of hydrogen-bond acceptors (Lipinski definition) is 6. The molecule has 0 saturated carbocycles. The summed E-state index contributed by atoms with van der Waals surface area (Å²) >= 11 is 1.53. The Hall–Kier alpha value is -2.36. The van der Waals surface area contributed by atoms with Crippen LogP contribution in [-0.4, -0.2) is 44.0 Å². The SMILES string of the molecule is CC(C)Sc1cc(-c2ccc(CCCNC[C@H](O)c3ccccc3)cc2)ccc1C(=O)NS(C)(=O)=O.Cl. The van der Waals surface area contributed by atoms with Crippen LogP contribution in [0.5, 0.6) is 0 Å². The van der Waals surface area contributed by atoms with Crippen molar-refractivity contribution >= 4 is 40.1 Å². The Morgan fingerprint density at radius 1 is 0.973 bits per heavy atom. The number of amides is 1. The molecule has 6 nitrogen and oxygen atoms in total. The minimum atomic E-state index is -3.64. The van der Waals surface area contributed by atoms with Gasteiger partial charge in [-0.15, -0.1) is 24.2 Å². The molecule has 3 aromatic rings. The predicted molar refractivity (Wildman–Crippen MR) is 155 cm³/mol. The number of rotatable bonds is 12. The molecule has 0 fully saturated rings. The molecule has 0 unspecified atom stereocenters. The van der Waals surface area contributed by atoms with E-state index in [-0.39, 0.29) is 17.7 Å². The molecule has 0 bridgehead atoms. The van der Waals surface area contributed by atoms with Crippen molar-refractivity contribution in [3.05, 3.63) is 89.5 Å². The second-order valence-corrected chi connectivity index (χ2v) is 12.4. The molecule has 0 aliphatic rings. The van der Waals surface area contributed by atoms with E-state index in [0.29, 0.717) is 12.1 Å². The van der Waals surface area contributed by atoms with Crippen molar-refractivity contribution in [1.82, 2.24) is 10.0 Å². The zero-order chi connectivity index (χ0) is 26.1. The first kappa shape index (κ1) is 30.9. The highest BCUT2D eigenvalue weighted by atomic mass is 35.5. The molecular formula is C28H35ClN2O4S2. The first-order valence-corrected chi connectivity index (χ1v) is 14.8. The number of halogens is 1. The molecule has 0 saturated heterocycles. The van der Waals surface area contributed by atoms with Gasteiger partial charge in [-0.2, -0.15) is 0 Å².